The molecule has 0 saturated heterocycles. The largest absolute Gasteiger partial charge is 0.321 e. The summed E-state index contributed by atoms with van der Waals surface area (Å²) in [6.07, 6.45) is 8.27. The van der Waals surface area contributed by atoms with Crippen molar-refractivity contribution in [1.29, 1.82) is 0 Å². The Kier molecular flexibility index (Phi) is 6.41. The summed E-state index contributed by atoms with van der Waals surface area (Å²) in [7, 11) is 3.54. The number of hydrogen-bond acceptors (Lipinski definition) is 3. The maximum atomic E-state index is 5.56. The summed E-state index contributed by atoms with van der Waals surface area (Å²) < 4.78 is 0. The topological polar surface area (TPSA) is 41.6 Å². The van der Waals surface area contributed by atoms with E-state index in [-0.39, 0.29) is 0 Å². The van der Waals surface area contributed by atoms with E-state index in [1.165, 1.54) is 0 Å². The van der Waals surface area contributed by atoms with Gasteiger partial charge in [0.15, 0.2) is 0 Å². The summed E-state index contributed by atoms with van der Waals surface area (Å²) in [6, 6.07) is 0. The van der Waals surface area contributed by atoms with Gasteiger partial charge >= 0.3 is 0 Å². The third kappa shape index (κ3) is 4.62. The SMILES string of the molecule is C=C/C=C(C=NC)/C(=C/N(C)N)CC. The molecule has 0 aromatic rings. The van der Waals surface area contributed by atoms with E-state index < -0.39 is 0 Å². The first-order valence-electron chi connectivity index (χ1n) is 4.59. The smallest absolute Gasteiger partial charge is 0.0284 e. The predicted molar refractivity (Wildman–Crippen MR) is 63.0 cm³/mol. The van der Waals surface area contributed by atoms with Crippen LogP contribution >= 0.6 is 0 Å². The van der Waals surface area contributed by atoms with E-state index in [1.807, 2.05) is 12.3 Å². The highest BCUT2D eigenvalue weighted by Gasteiger charge is 1.99. The fourth-order valence-electron chi connectivity index (χ4n) is 1.11. The van der Waals surface area contributed by atoms with Gasteiger partial charge < -0.3 is 5.01 Å². The molecule has 0 aromatic carbocycles. The molecule has 2 N–H and O–H groups in total. The lowest BCUT2D eigenvalue weighted by atomic mass is 10.1. The molecule has 0 spiro atoms. The van der Waals surface area contributed by atoms with E-state index in [9.17, 15) is 0 Å². The summed E-state index contributed by atoms with van der Waals surface area (Å²) in [4.78, 5) is 3.99. The molecule has 78 valence electrons. The molecule has 0 aliphatic carbocycles. The van der Waals surface area contributed by atoms with Gasteiger partial charge in [-0.05, 0) is 17.6 Å². The normalized spacial score (nSPS) is 13.4. The molecule has 14 heavy (non-hydrogen) atoms. The van der Waals surface area contributed by atoms with Gasteiger partial charge in [-0.3, -0.25) is 4.99 Å². The summed E-state index contributed by atoms with van der Waals surface area (Å²) in [5, 5.41) is 1.54. The molecule has 3 heteroatoms. The Morgan fingerprint density at radius 3 is 2.57 bits per heavy atom. The molecular formula is C11H19N3. The monoisotopic (exact) mass is 193 g/mol. The Labute approximate surface area is 86.3 Å². The van der Waals surface area contributed by atoms with Crippen LogP contribution in [0.15, 0.2) is 41.1 Å². The highest BCUT2D eigenvalue weighted by Crippen LogP contribution is 2.12. The standard InChI is InChI=1S/C11H19N3/c1-5-7-11(8-13-3)10(6-2)9-14(4)12/h5,7-9H,1,6,12H2,2-4H3/b10-9+,11-7+,13-8?. The molecule has 0 saturated carbocycles. The summed E-state index contributed by atoms with van der Waals surface area (Å²) in [5.41, 5.74) is 2.18. The number of nitrogens with two attached hydrogens (primary N) is 1. The third-order valence-electron chi connectivity index (χ3n) is 1.68. The van der Waals surface area contributed by atoms with E-state index >= 15 is 0 Å². The van der Waals surface area contributed by atoms with E-state index in [0.29, 0.717) is 0 Å². The molecule has 0 aliphatic rings. The zero-order chi connectivity index (χ0) is 11.0. The van der Waals surface area contributed by atoms with Gasteiger partial charge in [-0.25, -0.2) is 5.84 Å². The minimum absolute atomic E-state index is 0.910. The molecule has 0 aromatic heterocycles. The summed E-state index contributed by atoms with van der Waals surface area (Å²) in [6.45, 7) is 5.75. The molecule has 0 rings (SSSR count). The minimum atomic E-state index is 0.910. The van der Waals surface area contributed by atoms with Crippen molar-refractivity contribution < 1.29 is 0 Å². The van der Waals surface area contributed by atoms with Gasteiger partial charge in [0.05, 0.1) is 0 Å². The van der Waals surface area contributed by atoms with Gasteiger partial charge in [-0.1, -0.05) is 25.7 Å². The zero-order valence-electron chi connectivity index (χ0n) is 9.20. The summed E-state index contributed by atoms with van der Waals surface area (Å²) in [5.74, 6) is 5.56. The summed E-state index contributed by atoms with van der Waals surface area (Å²) >= 11 is 0. The first-order valence-corrected chi connectivity index (χ1v) is 4.59. The Hall–Kier alpha value is -1.35. The van der Waals surface area contributed by atoms with Crippen molar-refractivity contribution in [2.24, 2.45) is 10.8 Å². The van der Waals surface area contributed by atoms with Crippen molar-refractivity contribution >= 4 is 6.21 Å². The molecule has 0 bridgehead atoms. The van der Waals surface area contributed by atoms with Crippen LogP contribution in [0.4, 0.5) is 0 Å². The highest BCUT2D eigenvalue weighted by atomic mass is 15.4. The maximum Gasteiger partial charge on any atom is 0.0284 e. The quantitative estimate of drug-likeness (QED) is 0.313. The number of nitrogens with zero attached hydrogens (tertiary/aromatic N) is 2. The maximum absolute atomic E-state index is 5.56. The van der Waals surface area contributed by atoms with Gasteiger partial charge in [-0.15, -0.1) is 0 Å². The number of rotatable bonds is 5. The molecule has 0 atom stereocenters. The first-order chi connectivity index (χ1) is 6.65. The van der Waals surface area contributed by atoms with Crippen molar-refractivity contribution in [3.8, 4) is 0 Å². The Morgan fingerprint density at radius 1 is 1.57 bits per heavy atom. The van der Waals surface area contributed by atoms with Crippen LogP contribution in [0.5, 0.6) is 0 Å². The van der Waals surface area contributed by atoms with Crippen molar-refractivity contribution in [3.05, 3.63) is 36.1 Å². The molecule has 0 radical (unpaired) electrons. The van der Waals surface area contributed by atoms with E-state index in [2.05, 4.69) is 18.5 Å². The van der Waals surface area contributed by atoms with Crippen LogP contribution in [0.3, 0.4) is 0 Å². The Balaban J connectivity index is 4.95. The van der Waals surface area contributed by atoms with Crippen LogP contribution in [-0.4, -0.2) is 25.3 Å². The second-order valence-electron chi connectivity index (χ2n) is 2.92. The number of hydrogen-bond donors (Lipinski definition) is 1. The van der Waals surface area contributed by atoms with Crippen LogP contribution in [0.2, 0.25) is 0 Å². The number of hydrazine groups is 1. The highest BCUT2D eigenvalue weighted by molar-refractivity contribution is 5.84. The zero-order valence-corrected chi connectivity index (χ0v) is 9.20. The predicted octanol–water partition coefficient (Wildman–Crippen LogP) is 1.90. The lowest BCUT2D eigenvalue weighted by molar-refractivity contribution is 0.480. The van der Waals surface area contributed by atoms with E-state index in [0.717, 1.165) is 17.6 Å². The second kappa shape index (κ2) is 7.09. The third-order valence-corrected chi connectivity index (χ3v) is 1.68. The van der Waals surface area contributed by atoms with Crippen LogP contribution < -0.4 is 5.84 Å². The average molecular weight is 193 g/mol. The van der Waals surface area contributed by atoms with Crippen LogP contribution in [0.1, 0.15) is 13.3 Å². The molecule has 0 aliphatic heterocycles. The molecular weight excluding hydrogens is 174 g/mol. The molecule has 0 fully saturated rings. The van der Waals surface area contributed by atoms with Gasteiger partial charge in [0, 0.05) is 26.5 Å². The Bertz CT molecular complexity index is 260. The van der Waals surface area contributed by atoms with E-state index in [1.54, 1.807) is 31.4 Å². The average Bonchev–Trinajstić information content (AvgIpc) is 2.13. The van der Waals surface area contributed by atoms with Gasteiger partial charge in [0.25, 0.3) is 0 Å². The van der Waals surface area contributed by atoms with Crippen molar-refractivity contribution in [1.82, 2.24) is 5.01 Å². The van der Waals surface area contributed by atoms with Gasteiger partial charge in [-0.2, -0.15) is 0 Å². The number of allylic oxidation sites excluding steroid dienone is 4. The Morgan fingerprint density at radius 2 is 2.21 bits per heavy atom. The molecule has 0 amide bonds. The molecule has 0 heterocycles. The van der Waals surface area contributed by atoms with E-state index in [4.69, 9.17) is 5.84 Å². The fourth-order valence-corrected chi connectivity index (χ4v) is 1.11. The lowest BCUT2D eigenvalue weighted by Gasteiger charge is -2.10. The van der Waals surface area contributed by atoms with Crippen molar-refractivity contribution in [2.45, 2.75) is 13.3 Å². The molecule has 3 nitrogen and oxygen atoms in total. The lowest BCUT2D eigenvalue weighted by Crippen LogP contribution is -2.19. The molecule has 0 unspecified atom stereocenters. The van der Waals surface area contributed by atoms with Crippen LogP contribution in [0, 0.1) is 0 Å². The van der Waals surface area contributed by atoms with Crippen LogP contribution in [0.25, 0.3) is 0 Å². The van der Waals surface area contributed by atoms with Gasteiger partial charge in [0.1, 0.15) is 0 Å². The number of aliphatic imine (C=N–C) groups is 1. The van der Waals surface area contributed by atoms with Crippen molar-refractivity contribution in [3.63, 3.8) is 0 Å². The minimum Gasteiger partial charge on any atom is -0.321 e. The van der Waals surface area contributed by atoms with Gasteiger partial charge in [0.2, 0.25) is 0 Å². The van der Waals surface area contributed by atoms with Crippen molar-refractivity contribution in [2.75, 3.05) is 14.1 Å². The second-order valence-corrected chi connectivity index (χ2v) is 2.92. The first kappa shape index (κ1) is 12.7. The van der Waals surface area contributed by atoms with Crippen LogP contribution in [-0.2, 0) is 0 Å². The fraction of sp³-hybridized carbons (Fsp3) is 0.364.